The summed E-state index contributed by atoms with van der Waals surface area (Å²) >= 11 is 0. The van der Waals surface area contributed by atoms with Crippen LogP contribution in [0.3, 0.4) is 0 Å². The van der Waals surface area contributed by atoms with Crippen molar-refractivity contribution in [1.29, 1.82) is 0 Å². The summed E-state index contributed by atoms with van der Waals surface area (Å²) in [5.74, 6) is 0. The minimum absolute atomic E-state index is 0.609. The molecular weight excluding hydrogens is 197 g/mol. The molecule has 1 atom stereocenters. The second-order valence-corrected chi connectivity index (χ2v) is 4.31. The van der Waals surface area contributed by atoms with Crippen LogP contribution in [0, 0.1) is 0 Å². The number of rotatable bonds is 3. The topological polar surface area (TPSA) is 54.4 Å². The molecular formula is C5H9F3O3S. The summed E-state index contributed by atoms with van der Waals surface area (Å²) in [6.45, 7) is 1.03. The van der Waals surface area contributed by atoms with Crippen molar-refractivity contribution in [1.82, 2.24) is 0 Å². The molecule has 0 fully saturated rings. The van der Waals surface area contributed by atoms with E-state index in [1.54, 1.807) is 0 Å². The molecule has 12 heavy (non-hydrogen) atoms. The van der Waals surface area contributed by atoms with Crippen LogP contribution in [0.1, 0.15) is 19.8 Å². The minimum atomic E-state index is -4.38. The van der Waals surface area contributed by atoms with Gasteiger partial charge >= 0.3 is 6.18 Å². The first-order valence-electron chi connectivity index (χ1n) is 3.16. The summed E-state index contributed by atoms with van der Waals surface area (Å²) in [4.78, 5) is 0. The van der Waals surface area contributed by atoms with Crippen molar-refractivity contribution in [3.8, 4) is 0 Å². The maximum atomic E-state index is 11.5. The van der Waals surface area contributed by atoms with Gasteiger partial charge in [-0.15, -0.1) is 0 Å². The normalized spacial score (nSPS) is 16.1. The highest BCUT2D eigenvalue weighted by Gasteiger charge is 2.30. The molecule has 0 aliphatic heterocycles. The van der Waals surface area contributed by atoms with Crippen molar-refractivity contribution in [2.45, 2.75) is 31.2 Å². The Morgan fingerprint density at radius 3 is 2.08 bits per heavy atom. The fourth-order valence-corrected chi connectivity index (χ4v) is 0.932. The van der Waals surface area contributed by atoms with Gasteiger partial charge in [-0.2, -0.15) is 21.6 Å². The van der Waals surface area contributed by atoms with Gasteiger partial charge in [-0.3, -0.25) is 4.55 Å². The van der Waals surface area contributed by atoms with E-state index in [-0.39, 0.29) is 0 Å². The molecule has 0 aromatic rings. The highest BCUT2D eigenvalue weighted by molar-refractivity contribution is 7.86. The fourth-order valence-electron chi connectivity index (χ4n) is 0.516. The predicted molar refractivity (Wildman–Crippen MR) is 36.3 cm³/mol. The van der Waals surface area contributed by atoms with Crippen LogP contribution in [-0.4, -0.2) is 24.4 Å². The second kappa shape index (κ2) is 3.61. The van der Waals surface area contributed by atoms with E-state index in [9.17, 15) is 21.6 Å². The molecule has 0 bridgehead atoms. The molecule has 0 spiro atoms. The summed E-state index contributed by atoms with van der Waals surface area (Å²) in [5, 5.41) is -1.36. The highest BCUT2D eigenvalue weighted by atomic mass is 32.2. The van der Waals surface area contributed by atoms with Crippen molar-refractivity contribution in [2.24, 2.45) is 0 Å². The van der Waals surface area contributed by atoms with Gasteiger partial charge in [-0.1, -0.05) is 0 Å². The molecule has 1 N–H and O–H groups in total. The monoisotopic (exact) mass is 206 g/mol. The van der Waals surface area contributed by atoms with E-state index in [1.165, 1.54) is 0 Å². The van der Waals surface area contributed by atoms with Gasteiger partial charge in [0, 0.05) is 6.42 Å². The number of hydrogen-bond donors (Lipinski definition) is 1. The maximum absolute atomic E-state index is 11.5. The lowest BCUT2D eigenvalue weighted by Crippen LogP contribution is -2.19. The van der Waals surface area contributed by atoms with Crippen LogP contribution >= 0.6 is 0 Å². The second-order valence-electron chi connectivity index (χ2n) is 2.48. The quantitative estimate of drug-likeness (QED) is 0.713. The summed E-state index contributed by atoms with van der Waals surface area (Å²) < 4.78 is 63.3. The predicted octanol–water partition coefficient (Wildman–Crippen LogP) is 1.61. The van der Waals surface area contributed by atoms with Crippen LogP contribution in [0.5, 0.6) is 0 Å². The van der Waals surface area contributed by atoms with Gasteiger partial charge in [0.05, 0.1) is 5.25 Å². The van der Waals surface area contributed by atoms with Crippen molar-refractivity contribution >= 4 is 10.1 Å². The Morgan fingerprint density at radius 1 is 1.42 bits per heavy atom. The van der Waals surface area contributed by atoms with Crippen LogP contribution in [0.4, 0.5) is 13.2 Å². The Labute approximate surface area is 68.3 Å². The molecule has 0 saturated heterocycles. The van der Waals surface area contributed by atoms with Gasteiger partial charge in [0.15, 0.2) is 0 Å². The van der Waals surface area contributed by atoms with E-state index in [2.05, 4.69) is 0 Å². The summed E-state index contributed by atoms with van der Waals surface area (Å²) in [7, 11) is -4.33. The van der Waals surface area contributed by atoms with Gasteiger partial charge in [0.1, 0.15) is 0 Å². The average Bonchev–Trinajstić information content (AvgIpc) is 1.78. The number of halogens is 3. The third kappa shape index (κ3) is 5.36. The van der Waals surface area contributed by atoms with Gasteiger partial charge < -0.3 is 0 Å². The van der Waals surface area contributed by atoms with Crippen molar-refractivity contribution in [2.75, 3.05) is 0 Å². The number of alkyl halides is 3. The molecule has 0 aromatic carbocycles. The molecule has 0 saturated carbocycles. The summed E-state index contributed by atoms with van der Waals surface area (Å²) in [6.07, 6.45) is -6.19. The van der Waals surface area contributed by atoms with Crippen LogP contribution in [0.2, 0.25) is 0 Å². The van der Waals surface area contributed by atoms with Crippen LogP contribution < -0.4 is 0 Å². The van der Waals surface area contributed by atoms with Crippen LogP contribution in [0.15, 0.2) is 0 Å². The largest absolute Gasteiger partial charge is 0.389 e. The van der Waals surface area contributed by atoms with E-state index in [1.807, 2.05) is 0 Å². The van der Waals surface area contributed by atoms with Crippen LogP contribution in [0.25, 0.3) is 0 Å². The Balaban J connectivity index is 3.98. The van der Waals surface area contributed by atoms with Gasteiger partial charge in [0.2, 0.25) is 0 Å². The molecule has 0 amide bonds. The molecule has 0 aliphatic carbocycles. The third-order valence-electron chi connectivity index (χ3n) is 1.34. The van der Waals surface area contributed by atoms with Crippen molar-refractivity contribution in [3.63, 3.8) is 0 Å². The zero-order valence-corrected chi connectivity index (χ0v) is 7.11. The fraction of sp³-hybridized carbons (Fsp3) is 1.00. The van der Waals surface area contributed by atoms with Crippen LogP contribution in [-0.2, 0) is 10.1 Å². The van der Waals surface area contributed by atoms with Gasteiger partial charge in [0.25, 0.3) is 10.1 Å². The Hall–Kier alpha value is -0.300. The molecule has 0 radical (unpaired) electrons. The molecule has 74 valence electrons. The van der Waals surface area contributed by atoms with Crippen molar-refractivity contribution < 1.29 is 26.1 Å². The number of hydrogen-bond acceptors (Lipinski definition) is 2. The zero-order chi connectivity index (χ0) is 9.99. The SMILES string of the molecule is CC(CCC(F)(F)F)S(=O)(=O)O. The van der Waals surface area contributed by atoms with Gasteiger partial charge in [-0.05, 0) is 13.3 Å². The van der Waals surface area contributed by atoms with E-state index in [0.29, 0.717) is 0 Å². The molecule has 0 aliphatic rings. The molecule has 0 aromatic heterocycles. The first-order valence-corrected chi connectivity index (χ1v) is 4.66. The Bertz CT molecular complexity index is 231. The standard InChI is InChI=1S/C5H9F3O3S/c1-4(12(9,10)11)2-3-5(6,7)8/h4H,2-3H2,1H3,(H,9,10,11). The summed E-state index contributed by atoms with van der Waals surface area (Å²) in [5.41, 5.74) is 0. The Kier molecular flexibility index (Phi) is 3.52. The zero-order valence-electron chi connectivity index (χ0n) is 6.30. The molecule has 3 nitrogen and oxygen atoms in total. The average molecular weight is 206 g/mol. The smallest absolute Gasteiger partial charge is 0.285 e. The first-order chi connectivity index (χ1) is 5.13. The van der Waals surface area contributed by atoms with E-state index in [4.69, 9.17) is 4.55 Å². The summed E-state index contributed by atoms with van der Waals surface area (Å²) in [6, 6.07) is 0. The van der Waals surface area contributed by atoms with Gasteiger partial charge in [-0.25, -0.2) is 0 Å². The lowest BCUT2D eigenvalue weighted by molar-refractivity contribution is -0.135. The van der Waals surface area contributed by atoms with E-state index >= 15 is 0 Å². The first kappa shape index (κ1) is 11.7. The molecule has 0 heterocycles. The maximum Gasteiger partial charge on any atom is 0.389 e. The third-order valence-corrected chi connectivity index (χ3v) is 2.60. The minimum Gasteiger partial charge on any atom is -0.285 e. The molecule has 7 heteroatoms. The van der Waals surface area contributed by atoms with Crippen molar-refractivity contribution in [3.05, 3.63) is 0 Å². The Morgan fingerprint density at radius 2 is 1.83 bits per heavy atom. The van der Waals surface area contributed by atoms with E-state index in [0.717, 1.165) is 6.92 Å². The molecule has 1 unspecified atom stereocenters. The lowest BCUT2D eigenvalue weighted by atomic mass is 10.2. The lowest BCUT2D eigenvalue weighted by Gasteiger charge is -2.09. The van der Waals surface area contributed by atoms with E-state index < -0.39 is 34.4 Å². The molecule has 0 rings (SSSR count). The highest BCUT2D eigenvalue weighted by Crippen LogP contribution is 2.23.